The van der Waals surface area contributed by atoms with Gasteiger partial charge in [0.25, 0.3) is 0 Å². The van der Waals surface area contributed by atoms with E-state index in [0.717, 1.165) is 0 Å². The summed E-state index contributed by atoms with van der Waals surface area (Å²) in [4.78, 5) is 9.99. The first kappa shape index (κ1) is 8.46. The van der Waals surface area contributed by atoms with Crippen LogP contribution in [0.5, 0.6) is 0 Å². The molecule has 1 aromatic carbocycles. The Kier molecular flexibility index (Phi) is 2.58. The second-order valence-electron chi connectivity index (χ2n) is 2.21. The lowest BCUT2D eigenvalue weighted by molar-refractivity contribution is -0.449. The number of hydrogen-bond acceptors (Lipinski definition) is 2. The van der Waals surface area contributed by atoms with E-state index in [0.29, 0.717) is 5.56 Å². The fourth-order valence-electron chi connectivity index (χ4n) is 0.907. The molecule has 12 heavy (non-hydrogen) atoms. The lowest BCUT2D eigenvalue weighted by atomic mass is 10.1. The Hall–Kier alpha value is -1.64. The van der Waals surface area contributed by atoms with Gasteiger partial charge in [0.2, 0.25) is 0 Å². The maximum absolute atomic E-state index is 10.4. The molecule has 0 fully saturated rings. The first-order chi connectivity index (χ1) is 5.75. The Morgan fingerprint density at radius 2 is 2.00 bits per heavy atom. The molecule has 1 aromatic rings. The third-order valence-corrected chi connectivity index (χ3v) is 1.46. The highest BCUT2D eigenvalue weighted by Gasteiger charge is 2.20. The second-order valence-corrected chi connectivity index (χ2v) is 2.21. The van der Waals surface area contributed by atoms with Crippen LogP contribution in [0.4, 0.5) is 0 Å². The van der Waals surface area contributed by atoms with Crippen LogP contribution in [0.2, 0.25) is 0 Å². The van der Waals surface area contributed by atoms with Crippen molar-refractivity contribution >= 4 is 0 Å². The van der Waals surface area contributed by atoms with Crippen molar-refractivity contribution in [1.82, 2.24) is 0 Å². The predicted molar refractivity (Wildman–Crippen MR) is 46.0 cm³/mol. The summed E-state index contributed by atoms with van der Waals surface area (Å²) in [6, 6.07) is 8.71. The number of rotatable bonds is 3. The van der Waals surface area contributed by atoms with Crippen LogP contribution in [-0.2, 0) is 0 Å². The van der Waals surface area contributed by atoms with Crippen LogP contribution in [0.15, 0.2) is 43.0 Å². The van der Waals surface area contributed by atoms with Gasteiger partial charge in [-0.3, -0.25) is 10.1 Å². The summed E-state index contributed by atoms with van der Waals surface area (Å²) < 4.78 is 0. The zero-order valence-corrected chi connectivity index (χ0v) is 6.43. The highest BCUT2D eigenvalue weighted by molar-refractivity contribution is 5.31. The molecule has 0 unspecified atom stereocenters. The molecule has 0 aliphatic rings. The molecule has 0 bridgehead atoms. The van der Waals surface area contributed by atoms with Crippen LogP contribution in [-0.4, -0.2) is 4.92 Å². The van der Waals surface area contributed by atoms with Crippen molar-refractivity contribution in [2.24, 2.45) is 0 Å². The van der Waals surface area contributed by atoms with Crippen LogP contribution in [0.1, 0.15) is 5.56 Å². The van der Waals surface area contributed by atoms with Crippen LogP contribution in [0.25, 0.3) is 0 Å². The highest BCUT2D eigenvalue weighted by atomic mass is 16.6. The van der Waals surface area contributed by atoms with Gasteiger partial charge in [-0.1, -0.05) is 36.9 Å². The van der Waals surface area contributed by atoms with Gasteiger partial charge in [0.05, 0.1) is 0 Å². The summed E-state index contributed by atoms with van der Waals surface area (Å²) >= 11 is 0. The van der Waals surface area contributed by atoms with Crippen molar-refractivity contribution in [2.75, 3.05) is 0 Å². The van der Waals surface area contributed by atoms with E-state index < -0.39 is 4.92 Å². The maximum Gasteiger partial charge on any atom is 0.341 e. The SMILES string of the molecule is C=C[C](c1ccccc1)[N+](=O)[O-]. The summed E-state index contributed by atoms with van der Waals surface area (Å²) in [6.45, 7) is 3.38. The highest BCUT2D eigenvalue weighted by Crippen LogP contribution is 2.14. The number of nitro groups is 1. The Balaban J connectivity index is 2.95. The summed E-state index contributed by atoms with van der Waals surface area (Å²) in [5.74, 6) is 0. The van der Waals surface area contributed by atoms with E-state index in [1.54, 1.807) is 24.3 Å². The van der Waals surface area contributed by atoms with Gasteiger partial charge in [0.1, 0.15) is 0 Å². The lowest BCUT2D eigenvalue weighted by Crippen LogP contribution is -2.07. The first-order valence-corrected chi connectivity index (χ1v) is 3.45. The van der Waals surface area contributed by atoms with Gasteiger partial charge < -0.3 is 0 Å². The van der Waals surface area contributed by atoms with Gasteiger partial charge >= 0.3 is 6.04 Å². The van der Waals surface area contributed by atoms with Gasteiger partial charge in [0, 0.05) is 10.5 Å². The molecule has 0 saturated heterocycles. The third-order valence-electron chi connectivity index (χ3n) is 1.46. The van der Waals surface area contributed by atoms with Crippen molar-refractivity contribution in [3.63, 3.8) is 0 Å². The largest absolute Gasteiger partial charge is 0.341 e. The molecular weight excluding hydrogens is 154 g/mol. The number of hydrogen-bond donors (Lipinski definition) is 0. The molecule has 0 aliphatic carbocycles. The molecule has 0 saturated carbocycles. The van der Waals surface area contributed by atoms with Crippen LogP contribution in [0, 0.1) is 16.2 Å². The zero-order chi connectivity index (χ0) is 8.97. The van der Waals surface area contributed by atoms with Gasteiger partial charge in [-0.05, 0) is 6.08 Å². The summed E-state index contributed by atoms with van der Waals surface area (Å²) in [5.41, 5.74) is 0.581. The molecule has 0 heterocycles. The van der Waals surface area contributed by atoms with Crippen molar-refractivity contribution in [1.29, 1.82) is 0 Å². The Morgan fingerprint density at radius 1 is 1.42 bits per heavy atom. The summed E-state index contributed by atoms with van der Waals surface area (Å²) in [7, 11) is 0. The Labute approximate surface area is 70.5 Å². The van der Waals surface area contributed by atoms with E-state index in [9.17, 15) is 10.1 Å². The van der Waals surface area contributed by atoms with Gasteiger partial charge in [-0.2, -0.15) is 0 Å². The molecule has 3 heteroatoms. The van der Waals surface area contributed by atoms with Gasteiger partial charge in [-0.25, -0.2) is 0 Å². The topological polar surface area (TPSA) is 43.1 Å². The molecule has 0 atom stereocenters. The van der Waals surface area contributed by atoms with Gasteiger partial charge in [0.15, 0.2) is 0 Å². The van der Waals surface area contributed by atoms with E-state index >= 15 is 0 Å². The fourth-order valence-corrected chi connectivity index (χ4v) is 0.907. The molecule has 61 valence electrons. The summed E-state index contributed by atoms with van der Waals surface area (Å²) in [6.07, 6.45) is 1.25. The minimum Gasteiger partial charge on any atom is -0.263 e. The van der Waals surface area contributed by atoms with E-state index in [4.69, 9.17) is 0 Å². The molecule has 3 nitrogen and oxygen atoms in total. The van der Waals surface area contributed by atoms with E-state index in [1.165, 1.54) is 6.08 Å². The second kappa shape index (κ2) is 3.67. The molecule has 0 amide bonds. The lowest BCUT2D eigenvalue weighted by Gasteiger charge is -2.00. The molecular formula is C9H8NO2. The number of nitrogens with zero attached hydrogens (tertiary/aromatic N) is 1. The third kappa shape index (κ3) is 1.69. The molecule has 0 N–H and O–H groups in total. The molecule has 0 aliphatic heterocycles. The van der Waals surface area contributed by atoms with Crippen molar-refractivity contribution in [3.8, 4) is 0 Å². The standard InChI is InChI=1S/C9H8NO2/c1-2-9(10(11)12)8-6-4-3-5-7-8/h2-7H,1H2. The molecule has 0 spiro atoms. The van der Waals surface area contributed by atoms with Crippen molar-refractivity contribution < 1.29 is 4.92 Å². The molecule has 1 rings (SSSR count). The van der Waals surface area contributed by atoms with Crippen molar-refractivity contribution in [3.05, 3.63) is 64.7 Å². The minimum atomic E-state index is -0.442. The smallest absolute Gasteiger partial charge is 0.263 e. The average molecular weight is 162 g/mol. The van der Waals surface area contributed by atoms with E-state index in [1.807, 2.05) is 6.07 Å². The van der Waals surface area contributed by atoms with Crippen LogP contribution < -0.4 is 0 Å². The zero-order valence-electron chi connectivity index (χ0n) is 6.43. The molecule has 1 radical (unpaired) electrons. The van der Waals surface area contributed by atoms with E-state index in [2.05, 4.69) is 6.58 Å². The predicted octanol–water partition coefficient (Wildman–Crippen LogP) is 2.03. The maximum atomic E-state index is 10.4. The van der Waals surface area contributed by atoms with E-state index in [-0.39, 0.29) is 6.04 Å². The van der Waals surface area contributed by atoms with Crippen LogP contribution in [0.3, 0.4) is 0 Å². The Bertz CT molecular complexity index is 282. The van der Waals surface area contributed by atoms with Crippen molar-refractivity contribution in [2.45, 2.75) is 0 Å². The fraction of sp³-hybridized carbons (Fsp3) is 0. The quantitative estimate of drug-likeness (QED) is 0.504. The van der Waals surface area contributed by atoms with Gasteiger partial charge in [-0.15, -0.1) is 0 Å². The monoisotopic (exact) mass is 162 g/mol. The minimum absolute atomic E-state index is 0.0376. The normalized spacial score (nSPS) is 9.75. The number of benzene rings is 1. The Morgan fingerprint density at radius 3 is 2.42 bits per heavy atom. The average Bonchev–Trinajstić information content (AvgIpc) is 2.07. The molecule has 0 aromatic heterocycles. The van der Waals surface area contributed by atoms with Crippen LogP contribution >= 0.6 is 0 Å². The first-order valence-electron chi connectivity index (χ1n) is 3.45. The summed E-state index contributed by atoms with van der Waals surface area (Å²) in [5, 5.41) is 10.4.